The number of rotatable bonds is 3. The van der Waals surface area contributed by atoms with Crippen molar-refractivity contribution in [2.24, 2.45) is 17.3 Å². The van der Waals surface area contributed by atoms with Crippen LogP contribution in [0.15, 0.2) is 5.38 Å². The second kappa shape index (κ2) is 3.46. The minimum atomic E-state index is 0.388. The molecular weight excluding hydrogens is 226 g/mol. The van der Waals surface area contributed by atoms with Gasteiger partial charge in [-0.25, -0.2) is 4.98 Å². The second-order valence-electron chi connectivity index (χ2n) is 5.36. The van der Waals surface area contributed by atoms with E-state index in [1.807, 2.05) is 0 Å². The number of nitrogens with zero attached hydrogens (tertiary/aromatic N) is 1. The summed E-state index contributed by atoms with van der Waals surface area (Å²) in [4.78, 5) is 4.57. The molecule has 82 valence electrons. The molecule has 0 aliphatic heterocycles. The Labute approximate surface area is 99.9 Å². The van der Waals surface area contributed by atoms with Crippen molar-refractivity contribution < 1.29 is 0 Å². The quantitative estimate of drug-likeness (QED) is 0.737. The van der Waals surface area contributed by atoms with Crippen molar-refractivity contribution in [3.63, 3.8) is 0 Å². The number of aryl methyl sites for hydroxylation is 1. The predicted molar refractivity (Wildman–Crippen MR) is 64.5 cm³/mol. The Balaban J connectivity index is 1.75. The van der Waals surface area contributed by atoms with E-state index in [0.717, 1.165) is 29.8 Å². The van der Waals surface area contributed by atoms with Crippen molar-refractivity contribution in [1.29, 1.82) is 0 Å². The molecule has 0 radical (unpaired) electrons. The van der Waals surface area contributed by atoms with Crippen LogP contribution in [0, 0.1) is 24.2 Å². The summed E-state index contributed by atoms with van der Waals surface area (Å²) in [6, 6.07) is 0. The van der Waals surface area contributed by atoms with E-state index in [0.29, 0.717) is 5.41 Å². The van der Waals surface area contributed by atoms with Gasteiger partial charge in [0.1, 0.15) is 0 Å². The Kier molecular flexibility index (Phi) is 2.33. The molecule has 0 amide bonds. The topological polar surface area (TPSA) is 12.9 Å². The fourth-order valence-electron chi connectivity index (χ4n) is 3.11. The van der Waals surface area contributed by atoms with Crippen LogP contribution >= 0.6 is 22.9 Å². The molecule has 2 aliphatic rings. The highest BCUT2D eigenvalue weighted by Gasteiger charge is 2.53. The predicted octanol–water partition coefficient (Wildman–Crippen LogP) is 3.65. The molecule has 0 saturated heterocycles. The number of halogens is 1. The number of aromatic nitrogens is 1. The lowest BCUT2D eigenvalue weighted by atomic mass is 9.82. The molecule has 0 aromatic carbocycles. The Bertz CT molecular complexity index is 363. The Morgan fingerprint density at radius 3 is 2.80 bits per heavy atom. The molecule has 2 fully saturated rings. The van der Waals surface area contributed by atoms with Crippen LogP contribution in [0.1, 0.15) is 30.0 Å². The molecule has 0 bridgehead atoms. The van der Waals surface area contributed by atoms with E-state index in [1.165, 1.54) is 24.3 Å². The summed E-state index contributed by atoms with van der Waals surface area (Å²) in [6.45, 7) is 2.07. The highest BCUT2D eigenvalue weighted by Crippen LogP contribution is 2.61. The molecule has 15 heavy (non-hydrogen) atoms. The largest absolute Gasteiger partial charge is 0.247 e. The molecule has 3 heteroatoms. The van der Waals surface area contributed by atoms with E-state index in [1.54, 1.807) is 11.3 Å². The van der Waals surface area contributed by atoms with Crippen molar-refractivity contribution in [2.75, 3.05) is 5.88 Å². The second-order valence-corrected chi connectivity index (χ2v) is 6.57. The first-order chi connectivity index (χ1) is 7.21. The zero-order valence-electron chi connectivity index (χ0n) is 9.00. The van der Waals surface area contributed by atoms with Gasteiger partial charge in [-0.15, -0.1) is 22.9 Å². The normalized spacial score (nSPS) is 38.0. The summed E-state index contributed by atoms with van der Waals surface area (Å²) in [5.41, 5.74) is 1.54. The van der Waals surface area contributed by atoms with Crippen molar-refractivity contribution in [3.05, 3.63) is 16.1 Å². The van der Waals surface area contributed by atoms with Crippen LogP contribution in [0.2, 0.25) is 0 Å². The number of fused-ring (bicyclic) bond motifs is 1. The average molecular weight is 242 g/mol. The van der Waals surface area contributed by atoms with Crippen LogP contribution in [0.5, 0.6) is 0 Å². The molecule has 0 N–H and O–H groups in total. The lowest BCUT2D eigenvalue weighted by Crippen LogP contribution is -2.23. The summed E-state index contributed by atoms with van der Waals surface area (Å²) in [6.07, 6.45) is 5.27. The number of hydrogen-bond acceptors (Lipinski definition) is 2. The van der Waals surface area contributed by atoms with E-state index in [2.05, 4.69) is 17.3 Å². The molecule has 2 aliphatic carbocycles. The van der Waals surface area contributed by atoms with Gasteiger partial charge in [0.25, 0.3) is 0 Å². The van der Waals surface area contributed by atoms with Gasteiger partial charge in [-0.2, -0.15) is 0 Å². The molecule has 1 aromatic heterocycles. The van der Waals surface area contributed by atoms with Crippen LogP contribution < -0.4 is 0 Å². The van der Waals surface area contributed by atoms with Gasteiger partial charge in [0, 0.05) is 23.4 Å². The first-order valence-electron chi connectivity index (χ1n) is 5.68. The van der Waals surface area contributed by atoms with Crippen LogP contribution in [-0.2, 0) is 6.42 Å². The SMILES string of the molecule is Cc1csc(CC2(CCl)CC3CC3C2)n1. The minimum Gasteiger partial charge on any atom is -0.247 e. The maximum atomic E-state index is 6.18. The highest BCUT2D eigenvalue weighted by atomic mass is 35.5. The van der Waals surface area contributed by atoms with Gasteiger partial charge in [-0.3, -0.25) is 0 Å². The summed E-state index contributed by atoms with van der Waals surface area (Å²) < 4.78 is 0. The number of alkyl halides is 1. The maximum absolute atomic E-state index is 6.18. The maximum Gasteiger partial charge on any atom is 0.0934 e. The highest BCUT2D eigenvalue weighted by molar-refractivity contribution is 7.09. The van der Waals surface area contributed by atoms with Crippen LogP contribution in [0.25, 0.3) is 0 Å². The summed E-state index contributed by atoms with van der Waals surface area (Å²) in [5, 5.41) is 3.43. The van der Waals surface area contributed by atoms with Gasteiger partial charge >= 0.3 is 0 Å². The third-order valence-electron chi connectivity index (χ3n) is 3.94. The first kappa shape index (κ1) is 10.1. The van der Waals surface area contributed by atoms with Gasteiger partial charge in [-0.05, 0) is 43.4 Å². The molecule has 1 aromatic rings. The molecule has 0 spiro atoms. The van der Waals surface area contributed by atoms with Crippen molar-refractivity contribution in [3.8, 4) is 0 Å². The van der Waals surface area contributed by atoms with E-state index in [-0.39, 0.29) is 0 Å². The zero-order valence-corrected chi connectivity index (χ0v) is 10.6. The van der Waals surface area contributed by atoms with Crippen molar-refractivity contribution in [2.45, 2.75) is 32.6 Å². The molecule has 1 nitrogen and oxygen atoms in total. The molecule has 2 unspecified atom stereocenters. The Morgan fingerprint density at radius 2 is 2.27 bits per heavy atom. The summed E-state index contributed by atoms with van der Waals surface area (Å²) in [7, 11) is 0. The average Bonchev–Trinajstić information content (AvgIpc) is 2.65. The summed E-state index contributed by atoms with van der Waals surface area (Å²) >= 11 is 7.98. The molecule has 3 rings (SSSR count). The van der Waals surface area contributed by atoms with Gasteiger partial charge in [0.15, 0.2) is 0 Å². The van der Waals surface area contributed by atoms with E-state index in [4.69, 9.17) is 11.6 Å². The Morgan fingerprint density at radius 1 is 1.53 bits per heavy atom. The molecular formula is C12H16ClNS. The monoisotopic (exact) mass is 241 g/mol. The van der Waals surface area contributed by atoms with Gasteiger partial charge in [0.05, 0.1) is 5.01 Å². The summed E-state index contributed by atoms with van der Waals surface area (Å²) in [5.74, 6) is 2.83. The fraction of sp³-hybridized carbons (Fsp3) is 0.750. The lowest BCUT2D eigenvalue weighted by molar-refractivity contribution is 0.302. The van der Waals surface area contributed by atoms with Crippen molar-refractivity contribution in [1.82, 2.24) is 4.98 Å². The lowest BCUT2D eigenvalue weighted by Gasteiger charge is -2.27. The van der Waals surface area contributed by atoms with E-state index >= 15 is 0 Å². The standard InChI is InChI=1S/C12H16ClNS/c1-8-6-15-11(14-8)5-12(7-13)3-9-2-10(9)4-12/h6,9-10H,2-5,7H2,1H3. The van der Waals surface area contributed by atoms with E-state index < -0.39 is 0 Å². The zero-order chi connectivity index (χ0) is 10.5. The van der Waals surface area contributed by atoms with Crippen molar-refractivity contribution >= 4 is 22.9 Å². The molecule has 2 saturated carbocycles. The smallest absolute Gasteiger partial charge is 0.0934 e. The molecule has 1 heterocycles. The minimum absolute atomic E-state index is 0.388. The molecule has 2 atom stereocenters. The number of thiazole rings is 1. The third kappa shape index (κ3) is 1.83. The Hall–Kier alpha value is -0.0800. The van der Waals surface area contributed by atoms with Gasteiger partial charge < -0.3 is 0 Å². The number of hydrogen-bond donors (Lipinski definition) is 0. The van der Waals surface area contributed by atoms with Crippen LogP contribution in [-0.4, -0.2) is 10.9 Å². The fourth-order valence-corrected chi connectivity index (χ4v) is 4.37. The van der Waals surface area contributed by atoms with Gasteiger partial charge in [0.2, 0.25) is 0 Å². The van der Waals surface area contributed by atoms with E-state index in [9.17, 15) is 0 Å². The van der Waals surface area contributed by atoms with Crippen LogP contribution in [0.3, 0.4) is 0 Å². The van der Waals surface area contributed by atoms with Crippen LogP contribution in [0.4, 0.5) is 0 Å². The third-order valence-corrected chi connectivity index (χ3v) is 5.47. The van der Waals surface area contributed by atoms with Gasteiger partial charge in [-0.1, -0.05) is 0 Å². The first-order valence-corrected chi connectivity index (χ1v) is 7.09.